The van der Waals surface area contributed by atoms with E-state index in [9.17, 15) is 4.79 Å². The summed E-state index contributed by atoms with van der Waals surface area (Å²) in [7, 11) is 0. The van der Waals surface area contributed by atoms with Gasteiger partial charge >= 0.3 is 0 Å². The van der Waals surface area contributed by atoms with Gasteiger partial charge in [-0.25, -0.2) is 4.98 Å². The Bertz CT molecular complexity index is 366. The second-order valence-electron chi connectivity index (χ2n) is 3.74. The SMILES string of the molecule is CCc1nc(C(C)C)c(CC)c(=O)[nH]1. The van der Waals surface area contributed by atoms with Gasteiger partial charge in [0.15, 0.2) is 0 Å². The Morgan fingerprint density at radius 1 is 1.29 bits per heavy atom. The van der Waals surface area contributed by atoms with Crippen molar-refractivity contribution in [3.8, 4) is 0 Å². The van der Waals surface area contributed by atoms with E-state index >= 15 is 0 Å². The zero-order valence-corrected chi connectivity index (χ0v) is 9.35. The average Bonchev–Trinajstić information content (AvgIpc) is 2.16. The molecule has 0 saturated carbocycles. The molecule has 0 unspecified atom stereocenters. The summed E-state index contributed by atoms with van der Waals surface area (Å²) < 4.78 is 0. The van der Waals surface area contributed by atoms with Crippen molar-refractivity contribution in [2.45, 2.75) is 46.5 Å². The number of nitrogens with zero attached hydrogens (tertiary/aromatic N) is 1. The first kappa shape index (κ1) is 11.0. The van der Waals surface area contributed by atoms with Crippen molar-refractivity contribution in [1.29, 1.82) is 0 Å². The summed E-state index contributed by atoms with van der Waals surface area (Å²) >= 11 is 0. The number of rotatable bonds is 3. The van der Waals surface area contributed by atoms with Crippen molar-refractivity contribution in [3.63, 3.8) is 0 Å². The molecule has 0 aliphatic carbocycles. The van der Waals surface area contributed by atoms with Crippen LogP contribution in [0.3, 0.4) is 0 Å². The molecule has 0 atom stereocenters. The van der Waals surface area contributed by atoms with Gasteiger partial charge in [0.2, 0.25) is 0 Å². The standard InChI is InChI=1S/C11H18N2O/c1-5-8-10(7(3)4)12-9(6-2)13-11(8)14/h7H,5-6H2,1-4H3,(H,12,13,14). The van der Waals surface area contributed by atoms with Gasteiger partial charge in [-0.2, -0.15) is 0 Å². The summed E-state index contributed by atoms with van der Waals surface area (Å²) in [4.78, 5) is 18.9. The number of hydrogen-bond donors (Lipinski definition) is 1. The molecular formula is C11H18N2O. The van der Waals surface area contributed by atoms with E-state index in [4.69, 9.17) is 0 Å². The van der Waals surface area contributed by atoms with Gasteiger partial charge in [-0.15, -0.1) is 0 Å². The molecule has 1 aromatic heterocycles. The molecule has 3 heteroatoms. The monoisotopic (exact) mass is 194 g/mol. The highest BCUT2D eigenvalue weighted by atomic mass is 16.1. The van der Waals surface area contributed by atoms with Crippen molar-refractivity contribution in [3.05, 3.63) is 27.4 Å². The van der Waals surface area contributed by atoms with Crippen molar-refractivity contribution in [2.75, 3.05) is 0 Å². The summed E-state index contributed by atoms with van der Waals surface area (Å²) in [5, 5.41) is 0. The summed E-state index contributed by atoms with van der Waals surface area (Å²) in [5.74, 6) is 1.11. The van der Waals surface area contributed by atoms with Crippen LogP contribution < -0.4 is 5.56 Å². The minimum absolute atomic E-state index is 0.0306. The number of hydrogen-bond acceptors (Lipinski definition) is 2. The fourth-order valence-corrected chi connectivity index (χ4v) is 1.55. The van der Waals surface area contributed by atoms with Crippen molar-refractivity contribution < 1.29 is 0 Å². The molecular weight excluding hydrogens is 176 g/mol. The number of aryl methyl sites for hydroxylation is 1. The maximum absolute atomic E-state index is 11.7. The minimum atomic E-state index is 0.0306. The predicted octanol–water partition coefficient (Wildman–Crippen LogP) is 2.02. The lowest BCUT2D eigenvalue weighted by Gasteiger charge is -2.10. The van der Waals surface area contributed by atoms with Crippen molar-refractivity contribution >= 4 is 0 Å². The second kappa shape index (κ2) is 4.40. The Morgan fingerprint density at radius 3 is 2.36 bits per heavy atom. The third kappa shape index (κ3) is 2.03. The molecule has 0 fully saturated rings. The van der Waals surface area contributed by atoms with Crippen LogP contribution in [-0.4, -0.2) is 9.97 Å². The smallest absolute Gasteiger partial charge is 0.254 e. The summed E-state index contributed by atoms with van der Waals surface area (Å²) in [6.07, 6.45) is 1.53. The van der Waals surface area contributed by atoms with Gasteiger partial charge in [0, 0.05) is 12.0 Å². The molecule has 0 amide bonds. The largest absolute Gasteiger partial charge is 0.310 e. The van der Waals surface area contributed by atoms with Gasteiger partial charge < -0.3 is 4.98 Å². The highest BCUT2D eigenvalue weighted by Gasteiger charge is 2.11. The van der Waals surface area contributed by atoms with E-state index in [1.165, 1.54) is 0 Å². The maximum Gasteiger partial charge on any atom is 0.254 e. The molecule has 0 aromatic carbocycles. The zero-order valence-electron chi connectivity index (χ0n) is 9.35. The fourth-order valence-electron chi connectivity index (χ4n) is 1.55. The first-order chi connectivity index (χ1) is 6.60. The van der Waals surface area contributed by atoms with E-state index in [1.54, 1.807) is 0 Å². The molecule has 14 heavy (non-hydrogen) atoms. The number of H-pyrrole nitrogens is 1. The molecule has 1 rings (SSSR count). The fraction of sp³-hybridized carbons (Fsp3) is 0.636. The van der Waals surface area contributed by atoms with Crippen LogP contribution >= 0.6 is 0 Å². The van der Waals surface area contributed by atoms with Gasteiger partial charge in [-0.3, -0.25) is 4.79 Å². The van der Waals surface area contributed by atoms with Crippen molar-refractivity contribution in [2.24, 2.45) is 0 Å². The Labute approximate surface area is 84.6 Å². The van der Waals surface area contributed by atoms with Crippen LogP contribution in [-0.2, 0) is 12.8 Å². The average molecular weight is 194 g/mol. The van der Waals surface area contributed by atoms with E-state index in [-0.39, 0.29) is 5.56 Å². The molecule has 0 aliphatic heterocycles. The quantitative estimate of drug-likeness (QED) is 0.800. The van der Waals surface area contributed by atoms with E-state index in [2.05, 4.69) is 23.8 Å². The topological polar surface area (TPSA) is 45.8 Å². The Balaban J connectivity index is 3.36. The lowest BCUT2D eigenvalue weighted by atomic mass is 10.0. The first-order valence-electron chi connectivity index (χ1n) is 5.22. The van der Waals surface area contributed by atoms with E-state index in [0.717, 1.165) is 29.9 Å². The normalized spacial score (nSPS) is 10.9. The van der Waals surface area contributed by atoms with E-state index in [0.29, 0.717) is 5.92 Å². The molecule has 0 bridgehead atoms. The van der Waals surface area contributed by atoms with Crippen LogP contribution in [0, 0.1) is 0 Å². The van der Waals surface area contributed by atoms with Crippen LogP contribution in [0.15, 0.2) is 4.79 Å². The lowest BCUT2D eigenvalue weighted by Crippen LogP contribution is -2.20. The Hall–Kier alpha value is -1.12. The molecule has 1 aromatic rings. The number of aromatic amines is 1. The molecule has 78 valence electrons. The maximum atomic E-state index is 11.7. The number of nitrogens with one attached hydrogen (secondary N) is 1. The Morgan fingerprint density at radius 2 is 1.93 bits per heavy atom. The van der Waals surface area contributed by atoms with Gasteiger partial charge in [0.25, 0.3) is 5.56 Å². The molecule has 1 N–H and O–H groups in total. The highest BCUT2D eigenvalue weighted by Crippen LogP contribution is 2.14. The van der Waals surface area contributed by atoms with Gasteiger partial charge in [0.1, 0.15) is 5.82 Å². The molecule has 0 aliphatic rings. The van der Waals surface area contributed by atoms with Gasteiger partial charge in [-0.1, -0.05) is 27.7 Å². The van der Waals surface area contributed by atoms with E-state index < -0.39 is 0 Å². The van der Waals surface area contributed by atoms with Gasteiger partial charge in [-0.05, 0) is 12.3 Å². The molecule has 0 radical (unpaired) electrons. The van der Waals surface area contributed by atoms with Crippen LogP contribution in [0.25, 0.3) is 0 Å². The number of aromatic nitrogens is 2. The minimum Gasteiger partial charge on any atom is -0.310 e. The summed E-state index contributed by atoms with van der Waals surface area (Å²) in [6.45, 7) is 8.12. The predicted molar refractivity (Wildman–Crippen MR) is 57.7 cm³/mol. The second-order valence-corrected chi connectivity index (χ2v) is 3.74. The summed E-state index contributed by atoms with van der Waals surface area (Å²) in [5.41, 5.74) is 1.81. The molecule has 3 nitrogen and oxygen atoms in total. The van der Waals surface area contributed by atoms with Crippen LogP contribution in [0.2, 0.25) is 0 Å². The molecule has 1 heterocycles. The molecule has 0 saturated heterocycles. The first-order valence-corrected chi connectivity index (χ1v) is 5.22. The third-order valence-corrected chi connectivity index (χ3v) is 2.33. The third-order valence-electron chi connectivity index (χ3n) is 2.33. The van der Waals surface area contributed by atoms with Crippen LogP contribution in [0.1, 0.15) is 50.7 Å². The molecule has 0 spiro atoms. The zero-order chi connectivity index (χ0) is 10.7. The van der Waals surface area contributed by atoms with E-state index in [1.807, 2.05) is 13.8 Å². The lowest BCUT2D eigenvalue weighted by molar-refractivity contribution is 0.753. The van der Waals surface area contributed by atoms with Crippen LogP contribution in [0.5, 0.6) is 0 Å². The highest BCUT2D eigenvalue weighted by molar-refractivity contribution is 5.20. The Kier molecular flexibility index (Phi) is 3.44. The van der Waals surface area contributed by atoms with Crippen molar-refractivity contribution in [1.82, 2.24) is 9.97 Å². The summed E-state index contributed by atoms with van der Waals surface area (Å²) in [6, 6.07) is 0. The van der Waals surface area contributed by atoms with Gasteiger partial charge in [0.05, 0.1) is 5.69 Å². The van der Waals surface area contributed by atoms with Crippen LogP contribution in [0.4, 0.5) is 0 Å².